The maximum Gasteiger partial charge on any atom is 0.142 e. The van der Waals surface area contributed by atoms with Crippen LogP contribution in [0.2, 0.25) is 0 Å². The Bertz CT molecular complexity index is 284. The number of nitrogens with zero attached hydrogens (tertiary/aromatic N) is 2. The van der Waals surface area contributed by atoms with Crippen molar-refractivity contribution >= 4 is 11.8 Å². The molecule has 2 N–H and O–H groups in total. The third kappa shape index (κ3) is 2.00. The Balaban J connectivity index is 2.18. The molecule has 1 atom stereocenters. The zero-order chi connectivity index (χ0) is 9.10. The summed E-state index contributed by atoms with van der Waals surface area (Å²) in [5, 5.41) is 0. The molecule has 1 aliphatic rings. The molecule has 4 heteroatoms. The van der Waals surface area contributed by atoms with E-state index in [0.29, 0.717) is 12.5 Å². The number of hydrogen-bond donors (Lipinski definition) is 1. The van der Waals surface area contributed by atoms with Gasteiger partial charge in [0.05, 0.1) is 6.54 Å². The van der Waals surface area contributed by atoms with Gasteiger partial charge in [0.1, 0.15) is 5.82 Å². The molecule has 0 spiro atoms. The fraction of sp³-hybridized carbons (Fsp3) is 0.556. The van der Waals surface area contributed by atoms with E-state index in [1.807, 2.05) is 24.0 Å². The van der Waals surface area contributed by atoms with Gasteiger partial charge in [-0.1, -0.05) is 0 Å². The van der Waals surface area contributed by atoms with E-state index < -0.39 is 0 Å². The zero-order valence-corrected chi connectivity index (χ0v) is 8.26. The molecule has 13 heavy (non-hydrogen) atoms. The van der Waals surface area contributed by atoms with E-state index in [0.717, 1.165) is 5.82 Å². The Morgan fingerprint density at radius 3 is 3.23 bits per heavy atom. The van der Waals surface area contributed by atoms with Crippen molar-refractivity contribution in [3.05, 3.63) is 23.8 Å². The Kier molecular flexibility index (Phi) is 2.80. The van der Waals surface area contributed by atoms with Gasteiger partial charge >= 0.3 is 0 Å². The summed E-state index contributed by atoms with van der Waals surface area (Å²) >= 11 is 2.00. The van der Waals surface area contributed by atoms with Crippen LogP contribution >= 0.6 is 11.8 Å². The van der Waals surface area contributed by atoms with Gasteiger partial charge < -0.3 is 5.73 Å². The van der Waals surface area contributed by atoms with Gasteiger partial charge in [-0.2, -0.15) is 11.8 Å². The molecular weight excluding hydrogens is 182 g/mol. The molecule has 0 aromatic carbocycles. The van der Waals surface area contributed by atoms with Crippen LogP contribution in [-0.2, 0) is 6.54 Å². The van der Waals surface area contributed by atoms with Crippen LogP contribution in [0.5, 0.6) is 0 Å². The molecule has 2 rings (SSSR count). The highest BCUT2D eigenvalue weighted by atomic mass is 32.2. The van der Waals surface area contributed by atoms with E-state index in [-0.39, 0.29) is 0 Å². The standard InChI is InChI=1S/C9H13N3S/c10-5-9-11-3-1-8(12-9)7-2-4-13-6-7/h1,3,7H,2,4-6,10H2. The quantitative estimate of drug-likeness (QED) is 0.769. The fourth-order valence-electron chi connectivity index (χ4n) is 1.51. The molecule has 0 saturated carbocycles. The molecule has 1 aromatic heterocycles. The van der Waals surface area contributed by atoms with E-state index in [1.54, 1.807) is 0 Å². The van der Waals surface area contributed by atoms with E-state index in [1.165, 1.54) is 23.6 Å². The molecule has 0 aliphatic carbocycles. The van der Waals surface area contributed by atoms with Crippen molar-refractivity contribution in [2.45, 2.75) is 18.9 Å². The van der Waals surface area contributed by atoms with Crippen molar-refractivity contribution in [2.24, 2.45) is 5.73 Å². The molecule has 1 aromatic rings. The van der Waals surface area contributed by atoms with Gasteiger partial charge in [0.25, 0.3) is 0 Å². The van der Waals surface area contributed by atoms with E-state index in [4.69, 9.17) is 5.73 Å². The molecule has 0 amide bonds. The minimum absolute atomic E-state index is 0.438. The van der Waals surface area contributed by atoms with E-state index >= 15 is 0 Å². The highest BCUT2D eigenvalue weighted by Gasteiger charge is 2.18. The molecule has 0 bridgehead atoms. The molecule has 3 nitrogen and oxygen atoms in total. The predicted molar refractivity (Wildman–Crippen MR) is 54.6 cm³/mol. The van der Waals surface area contributed by atoms with Crippen LogP contribution < -0.4 is 5.73 Å². The van der Waals surface area contributed by atoms with Crippen LogP contribution in [0.4, 0.5) is 0 Å². The van der Waals surface area contributed by atoms with Gasteiger partial charge in [-0.25, -0.2) is 9.97 Å². The fourth-order valence-corrected chi connectivity index (χ4v) is 2.75. The van der Waals surface area contributed by atoms with E-state index in [2.05, 4.69) is 9.97 Å². The van der Waals surface area contributed by atoms with Gasteiger partial charge in [0.15, 0.2) is 0 Å². The number of nitrogens with two attached hydrogens (primary N) is 1. The van der Waals surface area contributed by atoms with Crippen LogP contribution in [0.1, 0.15) is 23.9 Å². The minimum atomic E-state index is 0.438. The van der Waals surface area contributed by atoms with Crippen molar-refractivity contribution in [3.63, 3.8) is 0 Å². The SMILES string of the molecule is NCc1nccc(C2CCSC2)n1. The molecule has 1 saturated heterocycles. The second kappa shape index (κ2) is 4.07. The van der Waals surface area contributed by atoms with Gasteiger partial charge in [-0.3, -0.25) is 0 Å². The average molecular weight is 195 g/mol. The lowest BCUT2D eigenvalue weighted by Crippen LogP contribution is -2.07. The Morgan fingerprint density at radius 1 is 1.62 bits per heavy atom. The summed E-state index contributed by atoms with van der Waals surface area (Å²) in [6, 6.07) is 2.01. The smallest absolute Gasteiger partial charge is 0.142 e. The normalized spacial score (nSPS) is 22.1. The average Bonchev–Trinajstić information content (AvgIpc) is 2.71. The van der Waals surface area contributed by atoms with E-state index in [9.17, 15) is 0 Å². The topological polar surface area (TPSA) is 51.8 Å². The third-order valence-corrected chi connectivity index (χ3v) is 3.42. The lowest BCUT2D eigenvalue weighted by molar-refractivity contribution is 0.730. The Hall–Kier alpha value is -0.610. The predicted octanol–water partition coefficient (Wildman–Crippen LogP) is 1.16. The van der Waals surface area contributed by atoms with Gasteiger partial charge in [0, 0.05) is 23.6 Å². The van der Waals surface area contributed by atoms with Crippen LogP contribution in [0, 0.1) is 0 Å². The lowest BCUT2D eigenvalue weighted by atomic mass is 10.1. The number of hydrogen-bond acceptors (Lipinski definition) is 4. The first-order valence-corrected chi connectivity index (χ1v) is 5.65. The second-order valence-corrected chi connectivity index (χ2v) is 4.31. The first kappa shape index (κ1) is 8.97. The second-order valence-electron chi connectivity index (χ2n) is 3.16. The third-order valence-electron chi connectivity index (χ3n) is 2.26. The lowest BCUT2D eigenvalue weighted by Gasteiger charge is -2.07. The van der Waals surface area contributed by atoms with Gasteiger partial charge in [0.2, 0.25) is 0 Å². The molecule has 0 radical (unpaired) electrons. The molecule has 1 aliphatic heterocycles. The first-order valence-electron chi connectivity index (χ1n) is 4.50. The van der Waals surface area contributed by atoms with Crippen molar-refractivity contribution in [1.82, 2.24) is 9.97 Å². The molecule has 1 fully saturated rings. The van der Waals surface area contributed by atoms with Crippen LogP contribution in [0.25, 0.3) is 0 Å². The van der Waals surface area contributed by atoms with Crippen LogP contribution in [0.3, 0.4) is 0 Å². The van der Waals surface area contributed by atoms with Crippen LogP contribution in [0.15, 0.2) is 12.3 Å². The molecule has 2 heterocycles. The number of aromatic nitrogens is 2. The summed E-state index contributed by atoms with van der Waals surface area (Å²) in [5.74, 6) is 3.83. The number of thioether (sulfide) groups is 1. The summed E-state index contributed by atoms with van der Waals surface area (Å²) in [4.78, 5) is 8.51. The van der Waals surface area contributed by atoms with Crippen molar-refractivity contribution in [3.8, 4) is 0 Å². The first-order chi connectivity index (χ1) is 6.40. The minimum Gasteiger partial charge on any atom is -0.324 e. The Labute approximate surface area is 82.2 Å². The van der Waals surface area contributed by atoms with Crippen molar-refractivity contribution in [2.75, 3.05) is 11.5 Å². The molecular formula is C9H13N3S. The van der Waals surface area contributed by atoms with Crippen molar-refractivity contribution < 1.29 is 0 Å². The summed E-state index contributed by atoms with van der Waals surface area (Å²) in [6.45, 7) is 0.438. The van der Waals surface area contributed by atoms with Crippen LogP contribution in [-0.4, -0.2) is 21.5 Å². The maximum atomic E-state index is 5.49. The molecule has 70 valence electrons. The Morgan fingerprint density at radius 2 is 2.54 bits per heavy atom. The zero-order valence-electron chi connectivity index (χ0n) is 7.44. The summed E-state index contributed by atoms with van der Waals surface area (Å²) in [6.07, 6.45) is 3.05. The van der Waals surface area contributed by atoms with Crippen molar-refractivity contribution in [1.29, 1.82) is 0 Å². The molecule has 1 unspecified atom stereocenters. The highest BCUT2D eigenvalue weighted by Crippen LogP contribution is 2.30. The highest BCUT2D eigenvalue weighted by molar-refractivity contribution is 7.99. The summed E-state index contributed by atoms with van der Waals surface area (Å²) in [5.41, 5.74) is 6.65. The largest absolute Gasteiger partial charge is 0.324 e. The summed E-state index contributed by atoms with van der Waals surface area (Å²) in [7, 11) is 0. The maximum absolute atomic E-state index is 5.49. The number of rotatable bonds is 2. The summed E-state index contributed by atoms with van der Waals surface area (Å²) < 4.78 is 0. The monoisotopic (exact) mass is 195 g/mol. The van der Waals surface area contributed by atoms with Gasteiger partial charge in [-0.05, 0) is 18.2 Å². The van der Waals surface area contributed by atoms with Gasteiger partial charge in [-0.15, -0.1) is 0 Å².